The van der Waals surface area contributed by atoms with E-state index in [4.69, 9.17) is 4.74 Å². The Balaban J connectivity index is 1.65. The summed E-state index contributed by atoms with van der Waals surface area (Å²) >= 11 is 0. The Morgan fingerprint density at radius 1 is 1.19 bits per heavy atom. The first kappa shape index (κ1) is 18.6. The van der Waals surface area contributed by atoms with Gasteiger partial charge in [0.1, 0.15) is 5.82 Å². The number of amides is 2. The van der Waals surface area contributed by atoms with Crippen molar-refractivity contribution in [1.82, 2.24) is 0 Å². The summed E-state index contributed by atoms with van der Waals surface area (Å²) < 4.78 is 18.8. The molecule has 2 aromatic rings. The van der Waals surface area contributed by atoms with Gasteiger partial charge in [-0.2, -0.15) is 0 Å². The molecule has 1 fully saturated rings. The summed E-state index contributed by atoms with van der Waals surface area (Å²) in [6.07, 6.45) is 0.150. The van der Waals surface area contributed by atoms with E-state index < -0.39 is 23.8 Å². The maximum atomic E-state index is 13.6. The van der Waals surface area contributed by atoms with Crippen LogP contribution in [0.2, 0.25) is 0 Å². The smallest absolute Gasteiger partial charge is 0.338 e. The van der Waals surface area contributed by atoms with Crippen molar-refractivity contribution in [2.45, 2.75) is 25.9 Å². The lowest BCUT2D eigenvalue weighted by molar-refractivity contribution is -0.123. The molecule has 1 saturated heterocycles. The summed E-state index contributed by atoms with van der Waals surface area (Å²) in [7, 11) is 0. The van der Waals surface area contributed by atoms with Crippen LogP contribution in [-0.4, -0.2) is 30.4 Å². The minimum absolute atomic E-state index is 0.0122. The Bertz CT molecular complexity index is 884. The van der Waals surface area contributed by atoms with Gasteiger partial charge in [0.05, 0.1) is 11.3 Å². The van der Waals surface area contributed by atoms with Crippen molar-refractivity contribution < 1.29 is 23.5 Å². The third-order valence-corrected chi connectivity index (χ3v) is 4.25. The van der Waals surface area contributed by atoms with Gasteiger partial charge >= 0.3 is 5.97 Å². The number of halogens is 1. The molecule has 1 heterocycles. The Morgan fingerprint density at radius 3 is 2.67 bits per heavy atom. The van der Waals surface area contributed by atoms with Crippen LogP contribution in [-0.2, 0) is 14.3 Å². The van der Waals surface area contributed by atoms with Crippen molar-refractivity contribution in [3.63, 3.8) is 0 Å². The largest absolute Gasteiger partial charge is 0.449 e. The van der Waals surface area contributed by atoms with Crippen LogP contribution in [0, 0.1) is 5.82 Å². The summed E-state index contributed by atoms with van der Waals surface area (Å²) in [5, 5.41) is 2.38. The first-order valence-electron chi connectivity index (χ1n) is 8.62. The molecule has 0 aromatic heterocycles. The molecule has 0 aliphatic carbocycles. The SMILES string of the molecule is C[C@@H](OC(=O)c1cccc(N2CCCC2=O)c1)C(=O)Nc1ccccc1F. The number of benzene rings is 2. The van der Waals surface area contributed by atoms with Gasteiger partial charge in [0, 0.05) is 18.7 Å². The zero-order valence-corrected chi connectivity index (χ0v) is 14.8. The average Bonchev–Trinajstić information content (AvgIpc) is 3.09. The van der Waals surface area contributed by atoms with Gasteiger partial charge in [0.2, 0.25) is 5.91 Å². The molecule has 27 heavy (non-hydrogen) atoms. The third-order valence-electron chi connectivity index (χ3n) is 4.25. The van der Waals surface area contributed by atoms with E-state index in [1.807, 2.05) is 0 Å². The molecule has 0 bridgehead atoms. The fourth-order valence-electron chi connectivity index (χ4n) is 2.80. The number of carbonyl (C=O) groups is 3. The van der Waals surface area contributed by atoms with E-state index in [1.165, 1.54) is 25.1 Å². The number of nitrogens with zero attached hydrogens (tertiary/aromatic N) is 1. The van der Waals surface area contributed by atoms with Gasteiger partial charge in [-0.05, 0) is 43.7 Å². The highest BCUT2D eigenvalue weighted by Gasteiger charge is 2.24. The second-order valence-electron chi connectivity index (χ2n) is 6.22. The van der Waals surface area contributed by atoms with Crippen LogP contribution in [0.25, 0.3) is 0 Å². The molecule has 0 spiro atoms. The Morgan fingerprint density at radius 2 is 1.96 bits per heavy atom. The fourth-order valence-corrected chi connectivity index (χ4v) is 2.80. The molecule has 1 aliphatic rings. The summed E-state index contributed by atoms with van der Waals surface area (Å²) in [6.45, 7) is 2.01. The van der Waals surface area contributed by atoms with Crippen LogP contribution in [0.3, 0.4) is 0 Å². The van der Waals surface area contributed by atoms with Crippen molar-refractivity contribution in [2.75, 3.05) is 16.8 Å². The van der Waals surface area contributed by atoms with Crippen molar-refractivity contribution in [2.24, 2.45) is 0 Å². The van der Waals surface area contributed by atoms with E-state index in [2.05, 4.69) is 5.32 Å². The van der Waals surface area contributed by atoms with Gasteiger partial charge in [-0.25, -0.2) is 9.18 Å². The Kier molecular flexibility index (Phi) is 5.49. The summed E-state index contributed by atoms with van der Waals surface area (Å²) in [4.78, 5) is 38.0. The van der Waals surface area contributed by atoms with Crippen LogP contribution in [0.5, 0.6) is 0 Å². The topological polar surface area (TPSA) is 75.7 Å². The highest BCUT2D eigenvalue weighted by molar-refractivity contribution is 5.99. The zero-order valence-electron chi connectivity index (χ0n) is 14.8. The molecule has 2 aromatic carbocycles. The van der Waals surface area contributed by atoms with Gasteiger partial charge < -0.3 is 15.0 Å². The van der Waals surface area contributed by atoms with E-state index in [9.17, 15) is 18.8 Å². The summed E-state index contributed by atoms with van der Waals surface area (Å²) in [5.41, 5.74) is 0.869. The highest BCUT2D eigenvalue weighted by atomic mass is 19.1. The lowest BCUT2D eigenvalue weighted by atomic mass is 10.2. The normalized spacial score (nSPS) is 14.7. The van der Waals surface area contributed by atoms with Gasteiger partial charge in [-0.1, -0.05) is 18.2 Å². The van der Waals surface area contributed by atoms with E-state index in [0.717, 1.165) is 6.42 Å². The molecule has 0 saturated carbocycles. The van der Waals surface area contributed by atoms with Crippen molar-refractivity contribution >= 4 is 29.2 Å². The molecule has 3 rings (SSSR count). The number of hydrogen-bond acceptors (Lipinski definition) is 4. The van der Waals surface area contributed by atoms with Gasteiger partial charge in [0.25, 0.3) is 5.91 Å². The van der Waals surface area contributed by atoms with Gasteiger partial charge in [0.15, 0.2) is 6.10 Å². The zero-order chi connectivity index (χ0) is 19.4. The number of para-hydroxylation sites is 1. The second kappa shape index (κ2) is 7.99. The maximum Gasteiger partial charge on any atom is 0.338 e. The van der Waals surface area contributed by atoms with Crippen LogP contribution < -0.4 is 10.2 Å². The van der Waals surface area contributed by atoms with Gasteiger partial charge in [-0.15, -0.1) is 0 Å². The molecular weight excluding hydrogens is 351 g/mol. The number of ether oxygens (including phenoxy) is 1. The Hall–Kier alpha value is -3.22. The minimum Gasteiger partial charge on any atom is -0.449 e. The van der Waals surface area contributed by atoms with E-state index >= 15 is 0 Å². The Labute approximate surface area is 155 Å². The quantitative estimate of drug-likeness (QED) is 0.821. The lowest BCUT2D eigenvalue weighted by Gasteiger charge is -2.17. The summed E-state index contributed by atoms with van der Waals surface area (Å²) in [6, 6.07) is 12.2. The molecule has 6 nitrogen and oxygen atoms in total. The van der Waals surface area contributed by atoms with Crippen LogP contribution in [0.4, 0.5) is 15.8 Å². The number of esters is 1. The van der Waals surface area contributed by atoms with Crippen LogP contribution >= 0.6 is 0 Å². The van der Waals surface area contributed by atoms with Crippen molar-refractivity contribution in [3.05, 3.63) is 59.9 Å². The fraction of sp³-hybridized carbons (Fsp3) is 0.250. The number of rotatable bonds is 5. The highest BCUT2D eigenvalue weighted by Crippen LogP contribution is 2.23. The van der Waals surface area contributed by atoms with Crippen LogP contribution in [0.1, 0.15) is 30.1 Å². The van der Waals surface area contributed by atoms with Crippen molar-refractivity contribution in [3.8, 4) is 0 Å². The van der Waals surface area contributed by atoms with E-state index in [1.54, 1.807) is 35.2 Å². The van der Waals surface area contributed by atoms with Crippen molar-refractivity contribution in [1.29, 1.82) is 0 Å². The number of anilines is 2. The summed E-state index contributed by atoms with van der Waals surface area (Å²) in [5.74, 6) is -1.90. The molecule has 7 heteroatoms. The monoisotopic (exact) mass is 370 g/mol. The van der Waals surface area contributed by atoms with Crippen LogP contribution in [0.15, 0.2) is 48.5 Å². The molecule has 140 valence electrons. The average molecular weight is 370 g/mol. The minimum atomic E-state index is -1.12. The first-order valence-corrected chi connectivity index (χ1v) is 8.62. The molecule has 0 radical (unpaired) electrons. The number of hydrogen-bond donors (Lipinski definition) is 1. The third kappa shape index (κ3) is 4.31. The molecule has 2 amide bonds. The van der Waals surface area contributed by atoms with E-state index in [-0.39, 0.29) is 17.2 Å². The van der Waals surface area contributed by atoms with Gasteiger partial charge in [-0.3, -0.25) is 9.59 Å². The predicted octanol–water partition coefficient (Wildman–Crippen LogP) is 3.14. The number of nitrogens with one attached hydrogen (secondary N) is 1. The molecule has 1 N–H and O–H groups in total. The number of carbonyl (C=O) groups excluding carboxylic acids is 3. The second-order valence-corrected chi connectivity index (χ2v) is 6.22. The first-order chi connectivity index (χ1) is 13.0. The maximum absolute atomic E-state index is 13.6. The lowest BCUT2D eigenvalue weighted by Crippen LogP contribution is -2.30. The molecule has 0 unspecified atom stereocenters. The molecule has 1 atom stereocenters. The molecular formula is C20H19FN2O4. The van der Waals surface area contributed by atoms with E-state index in [0.29, 0.717) is 18.7 Å². The molecule has 1 aliphatic heterocycles. The predicted molar refractivity (Wildman–Crippen MR) is 97.9 cm³/mol. The standard InChI is InChI=1S/C20H19FN2O4/c1-13(19(25)22-17-9-3-2-8-16(17)21)27-20(26)14-6-4-7-15(12-14)23-11-5-10-18(23)24/h2-4,6-9,12-13H,5,10-11H2,1H3,(H,22,25)/t13-/m1/s1.